The number of carbonyl (C=O) groups is 1. The highest BCUT2D eigenvalue weighted by molar-refractivity contribution is 5.97. The summed E-state index contributed by atoms with van der Waals surface area (Å²) in [4.78, 5) is 15.7. The van der Waals surface area contributed by atoms with E-state index < -0.39 is 28.9 Å². The summed E-state index contributed by atoms with van der Waals surface area (Å²) in [6.45, 7) is 0.666. The first-order chi connectivity index (χ1) is 18.7. The van der Waals surface area contributed by atoms with E-state index in [1.54, 1.807) is 25.3 Å². The number of hydrogen-bond acceptors (Lipinski definition) is 5. The van der Waals surface area contributed by atoms with Crippen LogP contribution in [-0.4, -0.2) is 43.4 Å². The van der Waals surface area contributed by atoms with E-state index in [-0.39, 0.29) is 62.7 Å². The highest BCUT2D eigenvalue weighted by Gasteiger charge is 2.35. The van der Waals surface area contributed by atoms with Crippen molar-refractivity contribution >= 4 is 23.0 Å². The van der Waals surface area contributed by atoms with Gasteiger partial charge >= 0.3 is 0 Å². The predicted octanol–water partition coefficient (Wildman–Crippen LogP) is 5.17. The van der Waals surface area contributed by atoms with Gasteiger partial charge in [0.25, 0.3) is 0 Å². The molecule has 39 heavy (non-hydrogen) atoms. The van der Waals surface area contributed by atoms with Crippen molar-refractivity contribution in [3.05, 3.63) is 82.9 Å². The Morgan fingerprint density at radius 2 is 1.59 bits per heavy atom. The van der Waals surface area contributed by atoms with Crippen LogP contribution in [0.3, 0.4) is 0 Å². The summed E-state index contributed by atoms with van der Waals surface area (Å²) in [5.41, 5.74) is 0.823. The lowest BCUT2D eigenvalue weighted by Crippen LogP contribution is -2.49. The number of aliphatic hydroxyl groups is 1. The summed E-state index contributed by atoms with van der Waals surface area (Å²) in [6.07, 6.45) is 0.988. The third-order valence-corrected chi connectivity index (χ3v) is 7.49. The van der Waals surface area contributed by atoms with Crippen LogP contribution in [0.5, 0.6) is 5.75 Å². The maximum Gasteiger partial charge on any atom is 0.227 e. The second-order valence-electron chi connectivity index (χ2n) is 10.0. The van der Waals surface area contributed by atoms with Crippen LogP contribution in [0.15, 0.2) is 48.5 Å². The van der Waals surface area contributed by atoms with Crippen molar-refractivity contribution in [3.8, 4) is 5.75 Å². The molecule has 3 aromatic rings. The van der Waals surface area contributed by atoms with Gasteiger partial charge in [-0.05, 0) is 49.1 Å². The Hall–Kier alpha value is -3.79. The van der Waals surface area contributed by atoms with Gasteiger partial charge in [-0.1, -0.05) is 12.1 Å². The molecule has 0 bridgehead atoms. The van der Waals surface area contributed by atoms with Gasteiger partial charge < -0.3 is 25.0 Å². The number of hydrogen-bond donors (Lipinski definition) is 2. The van der Waals surface area contributed by atoms with Crippen molar-refractivity contribution in [2.24, 2.45) is 0 Å². The van der Waals surface area contributed by atoms with Gasteiger partial charge in [-0.25, -0.2) is 17.6 Å². The van der Waals surface area contributed by atoms with Crippen LogP contribution in [0.2, 0.25) is 0 Å². The maximum atomic E-state index is 15.1. The second-order valence-corrected chi connectivity index (χ2v) is 10.0. The van der Waals surface area contributed by atoms with Crippen molar-refractivity contribution in [2.45, 2.75) is 37.8 Å². The van der Waals surface area contributed by atoms with Crippen LogP contribution in [0.1, 0.15) is 30.4 Å². The zero-order chi connectivity index (χ0) is 27.7. The van der Waals surface area contributed by atoms with Crippen molar-refractivity contribution in [1.29, 1.82) is 0 Å². The molecule has 10 heteroatoms. The third kappa shape index (κ3) is 5.52. The number of ether oxygens (including phenoxy) is 1. The summed E-state index contributed by atoms with van der Waals surface area (Å²) < 4.78 is 62.0. The summed E-state index contributed by atoms with van der Waals surface area (Å²) in [7, 11) is 1.56. The Morgan fingerprint density at radius 1 is 0.923 bits per heavy atom. The number of piperidine rings is 1. The van der Waals surface area contributed by atoms with E-state index >= 15 is 4.39 Å². The lowest BCUT2D eigenvalue weighted by Gasteiger charge is -2.40. The molecule has 2 aliphatic heterocycles. The highest BCUT2D eigenvalue weighted by Crippen LogP contribution is 2.38. The first kappa shape index (κ1) is 26.8. The van der Waals surface area contributed by atoms with E-state index in [1.165, 1.54) is 15.9 Å². The summed E-state index contributed by atoms with van der Waals surface area (Å²) in [5, 5.41) is 14.4. The number of rotatable bonds is 7. The molecule has 0 aliphatic carbocycles. The van der Waals surface area contributed by atoms with Crippen molar-refractivity contribution in [2.75, 3.05) is 41.9 Å². The Morgan fingerprint density at radius 3 is 2.23 bits per heavy atom. The Balaban J connectivity index is 1.30. The number of nitrogens with zero attached hydrogens (tertiary/aromatic N) is 2. The minimum Gasteiger partial charge on any atom is -0.497 e. The van der Waals surface area contributed by atoms with Crippen molar-refractivity contribution < 1.29 is 32.2 Å². The quantitative estimate of drug-likeness (QED) is 0.403. The van der Waals surface area contributed by atoms with Gasteiger partial charge in [-0.3, -0.25) is 4.79 Å². The molecule has 2 heterocycles. The molecule has 0 atom stereocenters. The van der Waals surface area contributed by atoms with Gasteiger partial charge in [0.05, 0.1) is 24.9 Å². The average Bonchev–Trinajstić information content (AvgIpc) is 2.91. The number of amides is 1. The zero-order valence-electron chi connectivity index (χ0n) is 21.4. The van der Waals surface area contributed by atoms with Gasteiger partial charge in [-0.15, -0.1) is 0 Å². The fraction of sp³-hybridized carbons (Fsp3) is 0.345. The third-order valence-electron chi connectivity index (χ3n) is 7.49. The van der Waals surface area contributed by atoms with E-state index in [4.69, 9.17) is 4.74 Å². The molecule has 1 amide bonds. The molecule has 5 rings (SSSR count). The fourth-order valence-electron chi connectivity index (χ4n) is 5.31. The lowest BCUT2D eigenvalue weighted by atomic mass is 9.90. The first-order valence-electron chi connectivity index (χ1n) is 12.8. The van der Waals surface area contributed by atoms with E-state index in [1.807, 2.05) is 12.1 Å². The molecule has 0 radical (unpaired) electrons. The average molecular weight is 544 g/mol. The van der Waals surface area contributed by atoms with Crippen LogP contribution in [-0.2, 0) is 17.8 Å². The zero-order valence-corrected chi connectivity index (χ0v) is 21.4. The monoisotopic (exact) mass is 543 g/mol. The number of nitrogens with one attached hydrogen (secondary N) is 1. The smallest absolute Gasteiger partial charge is 0.227 e. The molecule has 0 aromatic heterocycles. The minimum absolute atomic E-state index is 0.125. The standard InChI is InChI=1S/C29H29F4N3O3/c1-39-20-4-2-18(3-5-20)16-36-26(37)9-6-21-25(8-7-22(31)27(21)36)34-17-29(38)10-12-35(13-11-29)28-23(32)14-19(30)15-24(28)33/h2-5,7-8,14-15,34,38H,6,9-13,16-17H2,1H3. The lowest BCUT2D eigenvalue weighted by molar-refractivity contribution is -0.119. The molecule has 6 nitrogen and oxygen atoms in total. The van der Waals surface area contributed by atoms with Crippen LogP contribution < -0.4 is 19.9 Å². The molecule has 0 spiro atoms. The van der Waals surface area contributed by atoms with Gasteiger partial charge in [0.1, 0.15) is 23.1 Å². The normalized spacial score (nSPS) is 16.7. The number of benzene rings is 3. The van der Waals surface area contributed by atoms with E-state index in [0.29, 0.717) is 35.6 Å². The Labute approximate surface area is 223 Å². The summed E-state index contributed by atoms with van der Waals surface area (Å²) >= 11 is 0. The molecule has 0 unspecified atom stereocenters. The topological polar surface area (TPSA) is 65.0 Å². The van der Waals surface area contributed by atoms with Gasteiger partial charge in [-0.2, -0.15) is 0 Å². The Kier molecular flexibility index (Phi) is 7.40. The number of fused-ring (bicyclic) bond motifs is 1. The van der Waals surface area contributed by atoms with Crippen LogP contribution in [0.25, 0.3) is 0 Å². The molecule has 1 fully saturated rings. The van der Waals surface area contributed by atoms with E-state index in [2.05, 4.69) is 5.32 Å². The van der Waals surface area contributed by atoms with Gasteiger partial charge in [0, 0.05) is 49.4 Å². The molecule has 1 saturated heterocycles. The van der Waals surface area contributed by atoms with Crippen LogP contribution >= 0.6 is 0 Å². The summed E-state index contributed by atoms with van der Waals surface area (Å²) in [6, 6.07) is 11.4. The van der Waals surface area contributed by atoms with Crippen molar-refractivity contribution in [3.63, 3.8) is 0 Å². The molecular formula is C29H29F4N3O3. The Bertz CT molecular complexity index is 1350. The number of methoxy groups -OCH3 is 1. The van der Waals surface area contributed by atoms with Crippen molar-refractivity contribution in [1.82, 2.24) is 0 Å². The highest BCUT2D eigenvalue weighted by atomic mass is 19.1. The van der Waals surface area contributed by atoms with E-state index in [9.17, 15) is 23.1 Å². The van der Waals surface area contributed by atoms with Crippen LogP contribution in [0, 0.1) is 23.3 Å². The first-order valence-corrected chi connectivity index (χ1v) is 12.8. The van der Waals surface area contributed by atoms with Crippen LogP contribution in [0.4, 0.5) is 34.6 Å². The SMILES string of the molecule is COc1ccc(CN2C(=O)CCc3c(NCC4(O)CCN(c5c(F)cc(F)cc5F)CC4)ccc(F)c32)cc1. The summed E-state index contributed by atoms with van der Waals surface area (Å²) in [5.74, 6) is -2.96. The second kappa shape index (κ2) is 10.8. The fourth-order valence-corrected chi connectivity index (χ4v) is 5.31. The minimum atomic E-state index is -1.18. The molecular weight excluding hydrogens is 514 g/mol. The van der Waals surface area contributed by atoms with E-state index in [0.717, 1.165) is 5.56 Å². The maximum absolute atomic E-state index is 15.1. The number of carbonyl (C=O) groups excluding carboxylic acids is 1. The largest absolute Gasteiger partial charge is 0.497 e. The molecule has 2 aliphatic rings. The van der Waals surface area contributed by atoms with Gasteiger partial charge in [0.15, 0.2) is 11.6 Å². The van der Waals surface area contributed by atoms with Gasteiger partial charge in [0.2, 0.25) is 5.91 Å². The molecule has 3 aromatic carbocycles. The molecule has 0 saturated carbocycles. The predicted molar refractivity (Wildman–Crippen MR) is 140 cm³/mol. The number of anilines is 3. The molecule has 2 N–H and O–H groups in total. The number of halogens is 4. The molecule has 206 valence electrons.